The summed E-state index contributed by atoms with van der Waals surface area (Å²) in [6.45, 7) is 5.65. The van der Waals surface area contributed by atoms with Gasteiger partial charge in [0, 0.05) is 0 Å². The molecular formula is C20H21NO2S. The largest absolute Gasteiger partial charge is 0.245 e. The van der Waals surface area contributed by atoms with E-state index in [4.69, 9.17) is 6.42 Å². The van der Waals surface area contributed by atoms with Crippen LogP contribution in [0.3, 0.4) is 0 Å². The van der Waals surface area contributed by atoms with Crippen molar-refractivity contribution in [2.75, 3.05) is 0 Å². The number of nitrogens with zero attached hydrogens (tertiary/aromatic N) is 1. The molecule has 0 aliphatic carbocycles. The summed E-state index contributed by atoms with van der Waals surface area (Å²) in [4.78, 5) is 0.393. The number of sulfonamides is 1. The summed E-state index contributed by atoms with van der Waals surface area (Å²) in [7, 11) is -3.58. The van der Waals surface area contributed by atoms with Gasteiger partial charge in [0.15, 0.2) is 0 Å². The topological polar surface area (TPSA) is 37.1 Å². The first-order valence-electron chi connectivity index (χ1n) is 7.97. The minimum Gasteiger partial charge on any atom is -0.207 e. The lowest BCUT2D eigenvalue weighted by Gasteiger charge is -2.13. The average molecular weight is 339 g/mol. The van der Waals surface area contributed by atoms with Crippen molar-refractivity contribution in [1.82, 2.24) is 4.31 Å². The molecular weight excluding hydrogens is 318 g/mol. The fraction of sp³-hybridized carbons (Fsp3) is 0.300. The third-order valence-electron chi connectivity index (χ3n) is 4.47. The fourth-order valence-electron chi connectivity index (χ4n) is 3.51. The van der Waals surface area contributed by atoms with Gasteiger partial charge in [-0.2, -0.15) is 4.31 Å². The molecule has 0 N–H and O–H groups in total. The highest BCUT2D eigenvalue weighted by molar-refractivity contribution is 7.89. The first kappa shape index (κ1) is 16.8. The van der Waals surface area contributed by atoms with Crippen LogP contribution in [0.2, 0.25) is 0 Å². The second-order valence-electron chi connectivity index (χ2n) is 6.43. The van der Waals surface area contributed by atoms with Crippen molar-refractivity contribution in [2.45, 2.75) is 44.2 Å². The van der Waals surface area contributed by atoms with E-state index >= 15 is 0 Å². The Balaban J connectivity index is 1.95. The van der Waals surface area contributed by atoms with E-state index in [1.54, 1.807) is 0 Å². The van der Waals surface area contributed by atoms with Gasteiger partial charge in [-0.1, -0.05) is 53.9 Å². The minimum absolute atomic E-state index is 0.164. The van der Waals surface area contributed by atoms with Crippen molar-refractivity contribution in [1.29, 1.82) is 0 Å². The molecule has 0 saturated carbocycles. The lowest BCUT2D eigenvalue weighted by molar-refractivity contribution is 0.547. The SMILES string of the molecule is C#C[C@H]1[C@H](Cc2ccccc2)N1S(=O)(=O)c1c(C)cc(C)cc1C. The number of hydrogen-bond donors (Lipinski definition) is 0. The van der Waals surface area contributed by atoms with Gasteiger partial charge in [0.25, 0.3) is 0 Å². The molecule has 4 heteroatoms. The van der Waals surface area contributed by atoms with Crippen LogP contribution in [0.4, 0.5) is 0 Å². The lowest BCUT2D eigenvalue weighted by Crippen LogP contribution is -2.19. The maximum atomic E-state index is 13.1. The zero-order chi connectivity index (χ0) is 17.5. The van der Waals surface area contributed by atoms with Crippen LogP contribution >= 0.6 is 0 Å². The Morgan fingerprint density at radius 2 is 1.67 bits per heavy atom. The van der Waals surface area contributed by atoms with Gasteiger partial charge >= 0.3 is 0 Å². The highest BCUT2D eigenvalue weighted by atomic mass is 32.2. The van der Waals surface area contributed by atoms with E-state index in [0.29, 0.717) is 11.3 Å². The Morgan fingerprint density at radius 1 is 1.08 bits per heavy atom. The van der Waals surface area contributed by atoms with Gasteiger partial charge in [0.05, 0.1) is 10.9 Å². The van der Waals surface area contributed by atoms with Crippen LogP contribution < -0.4 is 0 Å². The van der Waals surface area contributed by atoms with Crippen LogP contribution in [-0.2, 0) is 16.4 Å². The highest BCUT2D eigenvalue weighted by Crippen LogP contribution is 2.39. The molecule has 2 aromatic rings. The molecule has 0 radical (unpaired) electrons. The molecule has 24 heavy (non-hydrogen) atoms. The molecule has 1 aliphatic heterocycles. The van der Waals surface area contributed by atoms with E-state index in [2.05, 4.69) is 5.92 Å². The first-order chi connectivity index (χ1) is 11.4. The molecule has 1 unspecified atom stereocenters. The monoisotopic (exact) mass is 339 g/mol. The smallest absolute Gasteiger partial charge is 0.207 e. The standard InChI is InChI=1S/C20H21NO2S/c1-5-18-19(13-17-9-7-6-8-10-17)21(18)24(22,23)20-15(3)11-14(2)12-16(20)4/h1,6-12,18-19H,13H2,2-4H3/t18-,19-,21?/m0/s1. The van der Waals surface area contributed by atoms with E-state index in [1.807, 2.05) is 63.2 Å². The molecule has 0 bridgehead atoms. The molecule has 0 amide bonds. The van der Waals surface area contributed by atoms with Gasteiger partial charge in [0.2, 0.25) is 10.0 Å². The summed E-state index contributed by atoms with van der Waals surface area (Å²) in [5.74, 6) is 2.63. The van der Waals surface area contributed by atoms with Crippen molar-refractivity contribution in [3.63, 3.8) is 0 Å². The van der Waals surface area contributed by atoms with E-state index < -0.39 is 10.0 Å². The van der Waals surface area contributed by atoms with Gasteiger partial charge in [-0.05, 0) is 43.9 Å². The average Bonchev–Trinajstić information content (AvgIpc) is 3.20. The Bertz CT molecular complexity index is 887. The summed E-state index contributed by atoms with van der Waals surface area (Å²) in [6.07, 6.45) is 6.22. The van der Waals surface area contributed by atoms with Crippen LogP contribution in [0, 0.1) is 33.1 Å². The third kappa shape index (κ3) is 2.86. The molecule has 0 spiro atoms. The summed E-state index contributed by atoms with van der Waals surface area (Å²) < 4.78 is 27.8. The van der Waals surface area contributed by atoms with Gasteiger partial charge < -0.3 is 0 Å². The summed E-state index contributed by atoms with van der Waals surface area (Å²) in [5, 5.41) is 0. The van der Waals surface area contributed by atoms with E-state index in [-0.39, 0.29) is 12.1 Å². The maximum absolute atomic E-state index is 13.1. The van der Waals surface area contributed by atoms with Gasteiger partial charge in [-0.25, -0.2) is 8.42 Å². The van der Waals surface area contributed by atoms with E-state index in [1.165, 1.54) is 4.31 Å². The third-order valence-corrected chi connectivity index (χ3v) is 6.69. The van der Waals surface area contributed by atoms with Gasteiger partial charge in [-0.3, -0.25) is 0 Å². The summed E-state index contributed by atoms with van der Waals surface area (Å²) in [6, 6.07) is 13.1. The van der Waals surface area contributed by atoms with Crippen molar-refractivity contribution in [3.05, 3.63) is 64.7 Å². The summed E-state index contributed by atoms with van der Waals surface area (Å²) >= 11 is 0. The summed E-state index contributed by atoms with van der Waals surface area (Å²) in [5.41, 5.74) is 3.70. The molecule has 1 aliphatic rings. The Kier molecular flexibility index (Phi) is 4.25. The zero-order valence-electron chi connectivity index (χ0n) is 14.2. The van der Waals surface area contributed by atoms with Gasteiger partial charge in [-0.15, -0.1) is 6.42 Å². The predicted molar refractivity (Wildman–Crippen MR) is 96.2 cm³/mol. The van der Waals surface area contributed by atoms with E-state index in [9.17, 15) is 8.42 Å². The van der Waals surface area contributed by atoms with Crippen molar-refractivity contribution in [2.24, 2.45) is 0 Å². The molecule has 0 aromatic heterocycles. The van der Waals surface area contributed by atoms with Crippen LogP contribution in [0.25, 0.3) is 0 Å². The fourth-order valence-corrected chi connectivity index (χ4v) is 5.64. The van der Waals surface area contributed by atoms with Crippen LogP contribution in [0.5, 0.6) is 0 Å². The van der Waals surface area contributed by atoms with Crippen molar-refractivity contribution < 1.29 is 8.42 Å². The number of rotatable bonds is 4. The molecule has 3 nitrogen and oxygen atoms in total. The van der Waals surface area contributed by atoms with Crippen LogP contribution in [0.15, 0.2) is 47.4 Å². The first-order valence-corrected chi connectivity index (χ1v) is 9.41. The minimum atomic E-state index is -3.58. The quantitative estimate of drug-likeness (QED) is 0.633. The second-order valence-corrected chi connectivity index (χ2v) is 8.21. The van der Waals surface area contributed by atoms with Crippen LogP contribution in [0.1, 0.15) is 22.3 Å². The van der Waals surface area contributed by atoms with Crippen molar-refractivity contribution in [3.8, 4) is 12.3 Å². The molecule has 1 saturated heterocycles. The number of hydrogen-bond acceptors (Lipinski definition) is 2. The number of terminal acetylenes is 1. The Labute approximate surface area is 144 Å². The number of benzene rings is 2. The molecule has 1 fully saturated rings. The van der Waals surface area contributed by atoms with E-state index in [0.717, 1.165) is 22.3 Å². The lowest BCUT2D eigenvalue weighted by atomic mass is 10.1. The number of aryl methyl sites for hydroxylation is 3. The molecule has 1 heterocycles. The zero-order valence-corrected chi connectivity index (χ0v) is 15.0. The predicted octanol–water partition coefficient (Wildman–Crippen LogP) is 3.23. The highest BCUT2D eigenvalue weighted by Gasteiger charge is 2.55. The second kappa shape index (κ2) is 6.08. The Hall–Kier alpha value is -2.09. The van der Waals surface area contributed by atoms with Crippen LogP contribution in [-0.4, -0.2) is 24.8 Å². The maximum Gasteiger partial charge on any atom is 0.245 e. The van der Waals surface area contributed by atoms with Gasteiger partial charge in [0.1, 0.15) is 6.04 Å². The molecule has 3 atom stereocenters. The van der Waals surface area contributed by atoms with Crippen molar-refractivity contribution >= 4 is 10.0 Å². The Morgan fingerprint density at radius 3 is 2.21 bits per heavy atom. The molecule has 124 valence electrons. The normalized spacial score (nSPS) is 22.8. The molecule has 2 aromatic carbocycles. The molecule has 3 rings (SSSR count).